The number of oxazole rings is 1. The first-order valence-corrected chi connectivity index (χ1v) is 6.20. The Morgan fingerprint density at radius 2 is 2.00 bits per heavy atom. The van der Waals surface area contributed by atoms with E-state index in [1.54, 1.807) is 42.5 Å². The van der Waals surface area contributed by atoms with E-state index in [1.165, 1.54) is 7.11 Å². The average Bonchev–Trinajstić information content (AvgIpc) is 2.97. The third-order valence-corrected chi connectivity index (χ3v) is 3.07. The highest BCUT2D eigenvalue weighted by atomic mass is 16.5. The second-order valence-corrected chi connectivity index (χ2v) is 4.38. The molecular formula is C16H10N2O3. The van der Waals surface area contributed by atoms with Gasteiger partial charge in [-0.05, 0) is 42.5 Å². The van der Waals surface area contributed by atoms with Crippen molar-refractivity contribution in [1.29, 1.82) is 5.26 Å². The van der Waals surface area contributed by atoms with Crippen LogP contribution in [0, 0.1) is 11.3 Å². The maximum absolute atomic E-state index is 11.4. The molecule has 5 nitrogen and oxygen atoms in total. The van der Waals surface area contributed by atoms with Crippen LogP contribution in [-0.4, -0.2) is 18.1 Å². The fraction of sp³-hybridized carbons (Fsp3) is 0.0625. The maximum Gasteiger partial charge on any atom is 0.337 e. The summed E-state index contributed by atoms with van der Waals surface area (Å²) >= 11 is 0. The predicted molar refractivity (Wildman–Crippen MR) is 75.5 cm³/mol. The van der Waals surface area contributed by atoms with Crippen molar-refractivity contribution in [2.75, 3.05) is 7.11 Å². The van der Waals surface area contributed by atoms with Gasteiger partial charge < -0.3 is 9.15 Å². The summed E-state index contributed by atoms with van der Waals surface area (Å²) in [6.07, 6.45) is 0. The first-order chi connectivity index (χ1) is 10.2. The number of nitriles is 1. The topological polar surface area (TPSA) is 76.1 Å². The van der Waals surface area contributed by atoms with Crippen LogP contribution in [0.5, 0.6) is 0 Å². The highest BCUT2D eigenvalue weighted by Crippen LogP contribution is 2.25. The van der Waals surface area contributed by atoms with Gasteiger partial charge in [0.05, 0.1) is 24.3 Å². The minimum absolute atomic E-state index is 0.391. The highest BCUT2D eigenvalue weighted by molar-refractivity contribution is 5.89. The van der Waals surface area contributed by atoms with Gasteiger partial charge in [0.2, 0.25) is 5.89 Å². The largest absolute Gasteiger partial charge is 0.465 e. The second-order valence-electron chi connectivity index (χ2n) is 4.38. The van der Waals surface area contributed by atoms with E-state index in [9.17, 15) is 4.79 Å². The van der Waals surface area contributed by atoms with Crippen molar-refractivity contribution in [3.63, 3.8) is 0 Å². The molecule has 0 saturated carbocycles. The molecule has 0 amide bonds. The minimum atomic E-state index is -0.391. The van der Waals surface area contributed by atoms with Gasteiger partial charge in [0.25, 0.3) is 0 Å². The number of ether oxygens (including phenoxy) is 1. The molecule has 0 bridgehead atoms. The van der Waals surface area contributed by atoms with Gasteiger partial charge in [0, 0.05) is 5.56 Å². The van der Waals surface area contributed by atoms with Crippen molar-refractivity contribution in [2.45, 2.75) is 0 Å². The Morgan fingerprint density at radius 1 is 1.24 bits per heavy atom. The predicted octanol–water partition coefficient (Wildman–Crippen LogP) is 3.15. The molecule has 0 fully saturated rings. The summed E-state index contributed by atoms with van der Waals surface area (Å²) in [6, 6.07) is 13.9. The standard InChI is InChI=1S/C16H10N2O3/c1-20-16(19)12-5-3-11(4-6-12)15-18-13-8-10(9-17)2-7-14(13)21-15/h2-8H,1H3. The Balaban J connectivity index is 2.00. The molecule has 3 rings (SSSR count). The van der Waals surface area contributed by atoms with E-state index in [2.05, 4.69) is 15.8 Å². The van der Waals surface area contributed by atoms with E-state index in [4.69, 9.17) is 9.68 Å². The van der Waals surface area contributed by atoms with Crippen LogP contribution >= 0.6 is 0 Å². The van der Waals surface area contributed by atoms with Crippen molar-refractivity contribution >= 4 is 17.1 Å². The summed E-state index contributed by atoms with van der Waals surface area (Å²) in [5.41, 5.74) is 2.98. The molecule has 21 heavy (non-hydrogen) atoms. The SMILES string of the molecule is COC(=O)c1ccc(-c2nc3cc(C#N)ccc3o2)cc1. The van der Waals surface area contributed by atoms with Crippen molar-refractivity contribution in [3.8, 4) is 17.5 Å². The summed E-state index contributed by atoms with van der Waals surface area (Å²) in [7, 11) is 1.34. The number of hydrogen-bond acceptors (Lipinski definition) is 5. The Kier molecular flexibility index (Phi) is 3.13. The monoisotopic (exact) mass is 278 g/mol. The zero-order valence-corrected chi connectivity index (χ0v) is 11.2. The van der Waals surface area contributed by atoms with E-state index in [0.717, 1.165) is 5.56 Å². The van der Waals surface area contributed by atoms with Crippen LogP contribution in [0.1, 0.15) is 15.9 Å². The summed E-state index contributed by atoms with van der Waals surface area (Å²) in [5.74, 6) is 0.0503. The van der Waals surface area contributed by atoms with E-state index in [-0.39, 0.29) is 0 Å². The molecule has 0 aliphatic heterocycles. The van der Waals surface area contributed by atoms with Crippen molar-refractivity contribution in [2.24, 2.45) is 0 Å². The summed E-state index contributed by atoms with van der Waals surface area (Å²) in [4.78, 5) is 15.7. The average molecular weight is 278 g/mol. The van der Waals surface area contributed by atoms with Gasteiger partial charge in [0.15, 0.2) is 5.58 Å². The van der Waals surface area contributed by atoms with Crippen molar-refractivity contribution in [3.05, 3.63) is 53.6 Å². The number of nitrogens with zero attached hydrogens (tertiary/aromatic N) is 2. The van der Waals surface area contributed by atoms with Gasteiger partial charge >= 0.3 is 5.97 Å². The van der Waals surface area contributed by atoms with Crippen LogP contribution in [0.4, 0.5) is 0 Å². The molecule has 0 radical (unpaired) electrons. The molecule has 102 valence electrons. The molecular weight excluding hydrogens is 268 g/mol. The van der Waals surface area contributed by atoms with Gasteiger partial charge in [0.1, 0.15) is 5.52 Å². The van der Waals surface area contributed by atoms with Crippen LogP contribution in [-0.2, 0) is 4.74 Å². The Hall–Kier alpha value is -3.13. The van der Waals surface area contributed by atoms with Crippen molar-refractivity contribution < 1.29 is 13.9 Å². The number of fused-ring (bicyclic) bond motifs is 1. The van der Waals surface area contributed by atoms with Crippen LogP contribution in [0.2, 0.25) is 0 Å². The maximum atomic E-state index is 11.4. The lowest BCUT2D eigenvalue weighted by molar-refractivity contribution is 0.0601. The summed E-state index contributed by atoms with van der Waals surface area (Å²) in [5, 5.41) is 8.87. The quantitative estimate of drug-likeness (QED) is 0.673. The third-order valence-electron chi connectivity index (χ3n) is 3.07. The molecule has 0 N–H and O–H groups in total. The molecule has 1 heterocycles. The van der Waals surface area contributed by atoms with E-state index < -0.39 is 5.97 Å². The molecule has 0 atom stereocenters. The highest BCUT2D eigenvalue weighted by Gasteiger charge is 2.10. The second kappa shape index (κ2) is 5.10. The van der Waals surface area contributed by atoms with Gasteiger partial charge in [-0.15, -0.1) is 0 Å². The van der Waals surface area contributed by atoms with Gasteiger partial charge in [-0.1, -0.05) is 0 Å². The molecule has 0 aliphatic carbocycles. The molecule has 3 aromatic rings. The van der Waals surface area contributed by atoms with Crippen LogP contribution < -0.4 is 0 Å². The van der Waals surface area contributed by atoms with E-state index in [1.807, 2.05) is 0 Å². The first-order valence-electron chi connectivity index (χ1n) is 6.20. The lowest BCUT2D eigenvalue weighted by Crippen LogP contribution is -2.00. The minimum Gasteiger partial charge on any atom is -0.465 e. The molecule has 1 aromatic heterocycles. The van der Waals surface area contributed by atoms with Crippen LogP contribution in [0.25, 0.3) is 22.6 Å². The molecule has 2 aromatic carbocycles. The first kappa shape index (κ1) is 12.9. The molecule has 0 saturated heterocycles. The number of esters is 1. The van der Waals surface area contributed by atoms with E-state index in [0.29, 0.717) is 28.1 Å². The normalized spacial score (nSPS) is 10.3. The van der Waals surface area contributed by atoms with Crippen molar-refractivity contribution in [1.82, 2.24) is 4.98 Å². The number of benzene rings is 2. The Labute approximate surface area is 120 Å². The Bertz CT molecular complexity index is 857. The Morgan fingerprint density at radius 3 is 2.67 bits per heavy atom. The zero-order chi connectivity index (χ0) is 14.8. The molecule has 0 spiro atoms. The number of rotatable bonds is 2. The third kappa shape index (κ3) is 2.35. The lowest BCUT2D eigenvalue weighted by Gasteiger charge is -1.99. The van der Waals surface area contributed by atoms with Gasteiger partial charge in [-0.3, -0.25) is 0 Å². The molecule has 0 aliphatic rings. The molecule has 0 unspecified atom stereocenters. The number of carbonyl (C=O) groups excluding carboxylic acids is 1. The van der Waals surface area contributed by atoms with Gasteiger partial charge in [-0.25, -0.2) is 9.78 Å². The lowest BCUT2D eigenvalue weighted by atomic mass is 10.1. The summed E-state index contributed by atoms with van der Waals surface area (Å²) < 4.78 is 10.3. The number of methoxy groups -OCH3 is 1. The fourth-order valence-electron chi connectivity index (χ4n) is 1.99. The fourth-order valence-corrected chi connectivity index (χ4v) is 1.99. The zero-order valence-electron chi connectivity index (χ0n) is 11.2. The van der Waals surface area contributed by atoms with E-state index >= 15 is 0 Å². The molecule has 5 heteroatoms. The number of hydrogen-bond donors (Lipinski definition) is 0. The number of carbonyl (C=O) groups is 1. The number of aromatic nitrogens is 1. The van der Waals surface area contributed by atoms with Gasteiger partial charge in [-0.2, -0.15) is 5.26 Å². The smallest absolute Gasteiger partial charge is 0.337 e. The summed E-state index contributed by atoms with van der Waals surface area (Å²) in [6.45, 7) is 0. The van der Waals surface area contributed by atoms with Crippen LogP contribution in [0.15, 0.2) is 46.9 Å². The van der Waals surface area contributed by atoms with Crippen LogP contribution in [0.3, 0.4) is 0 Å².